The molecule has 0 spiro atoms. The SMILES string of the molecule is COC(=O)C1CCC(C(=O)Nc2ccc(-n3c(-c4cccnc4N)nc4ccc(OC(C)C)cc43)cn2)CC1. The minimum absolute atomic E-state index is 0.0207. The van der Waals surface area contributed by atoms with E-state index in [4.69, 9.17) is 20.2 Å². The maximum Gasteiger partial charge on any atom is 0.308 e. The van der Waals surface area contributed by atoms with Crippen LogP contribution in [0.3, 0.4) is 0 Å². The van der Waals surface area contributed by atoms with E-state index in [1.165, 1.54) is 7.11 Å². The molecule has 0 saturated heterocycles. The number of ether oxygens (including phenoxy) is 2. The number of nitrogens with zero attached hydrogens (tertiary/aromatic N) is 4. The van der Waals surface area contributed by atoms with Crippen LogP contribution in [0.1, 0.15) is 39.5 Å². The zero-order valence-electron chi connectivity index (χ0n) is 22.3. The second-order valence-corrected chi connectivity index (χ2v) is 9.99. The molecule has 5 rings (SSSR count). The summed E-state index contributed by atoms with van der Waals surface area (Å²) in [5.41, 5.74) is 9.26. The number of fused-ring (bicyclic) bond motifs is 1. The summed E-state index contributed by atoms with van der Waals surface area (Å²) in [6.07, 6.45) is 5.93. The number of nitrogens with one attached hydrogen (secondary N) is 1. The number of rotatable bonds is 7. The molecule has 0 unspecified atom stereocenters. The molecule has 0 bridgehead atoms. The Balaban J connectivity index is 1.43. The first-order valence-corrected chi connectivity index (χ1v) is 13.1. The highest BCUT2D eigenvalue weighted by atomic mass is 16.5. The fourth-order valence-electron chi connectivity index (χ4n) is 5.03. The van der Waals surface area contributed by atoms with Crippen molar-refractivity contribution in [3.8, 4) is 22.8 Å². The third kappa shape index (κ3) is 5.55. The van der Waals surface area contributed by atoms with E-state index in [9.17, 15) is 9.59 Å². The van der Waals surface area contributed by atoms with E-state index >= 15 is 0 Å². The predicted octanol–water partition coefficient (Wildman–Crippen LogP) is 4.77. The topological polar surface area (TPSA) is 134 Å². The highest BCUT2D eigenvalue weighted by Crippen LogP contribution is 2.33. The molecule has 1 aromatic carbocycles. The van der Waals surface area contributed by atoms with Gasteiger partial charge in [-0.2, -0.15) is 0 Å². The van der Waals surface area contributed by atoms with Crippen molar-refractivity contribution < 1.29 is 19.1 Å². The van der Waals surface area contributed by atoms with Crippen LogP contribution in [0.15, 0.2) is 54.9 Å². The molecule has 1 amide bonds. The Labute approximate surface area is 226 Å². The average Bonchev–Trinajstić information content (AvgIpc) is 3.31. The van der Waals surface area contributed by atoms with Crippen LogP contribution in [0.5, 0.6) is 5.75 Å². The summed E-state index contributed by atoms with van der Waals surface area (Å²) in [6, 6.07) is 13.1. The second kappa shape index (κ2) is 11.1. The number of pyridine rings is 2. The smallest absolute Gasteiger partial charge is 0.308 e. The Morgan fingerprint density at radius 2 is 1.82 bits per heavy atom. The van der Waals surface area contributed by atoms with Gasteiger partial charge in [-0.3, -0.25) is 14.2 Å². The highest BCUT2D eigenvalue weighted by molar-refractivity contribution is 5.92. The van der Waals surface area contributed by atoms with Gasteiger partial charge in [-0.15, -0.1) is 0 Å². The van der Waals surface area contributed by atoms with Gasteiger partial charge in [0.1, 0.15) is 23.2 Å². The predicted molar refractivity (Wildman–Crippen MR) is 148 cm³/mol. The van der Waals surface area contributed by atoms with Crippen LogP contribution in [-0.4, -0.2) is 44.6 Å². The van der Waals surface area contributed by atoms with Gasteiger partial charge in [0.25, 0.3) is 0 Å². The Morgan fingerprint density at radius 3 is 2.49 bits per heavy atom. The van der Waals surface area contributed by atoms with Crippen LogP contribution >= 0.6 is 0 Å². The number of carbonyl (C=O) groups is 2. The zero-order valence-corrected chi connectivity index (χ0v) is 22.3. The van der Waals surface area contributed by atoms with Crippen LogP contribution < -0.4 is 15.8 Å². The van der Waals surface area contributed by atoms with E-state index in [-0.39, 0.29) is 29.8 Å². The highest BCUT2D eigenvalue weighted by Gasteiger charge is 2.30. The number of aromatic nitrogens is 4. The molecule has 1 fully saturated rings. The summed E-state index contributed by atoms with van der Waals surface area (Å²) in [6.45, 7) is 3.95. The van der Waals surface area contributed by atoms with Crippen molar-refractivity contribution in [1.29, 1.82) is 0 Å². The number of imidazole rings is 1. The number of hydrogen-bond acceptors (Lipinski definition) is 8. The van der Waals surface area contributed by atoms with Gasteiger partial charge < -0.3 is 20.5 Å². The Morgan fingerprint density at radius 1 is 1.05 bits per heavy atom. The first kappa shape index (κ1) is 26.1. The van der Waals surface area contributed by atoms with Crippen molar-refractivity contribution >= 4 is 34.5 Å². The molecule has 1 aliphatic carbocycles. The van der Waals surface area contributed by atoms with E-state index in [2.05, 4.69) is 15.3 Å². The van der Waals surface area contributed by atoms with Gasteiger partial charge in [0.2, 0.25) is 5.91 Å². The van der Waals surface area contributed by atoms with E-state index in [1.54, 1.807) is 18.5 Å². The van der Waals surface area contributed by atoms with Gasteiger partial charge in [0, 0.05) is 18.2 Å². The van der Waals surface area contributed by atoms with Gasteiger partial charge in [-0.1, -0.05) is 0 Å². The van der Waals surface area contributed by atoms with Crippen LogP contribution in [0.4, 0.5) is 11.6 Å². The molecule has 0 aliphatic heterocycles. The fourth-order valence-corrected chi connectivity index (χ4v) is 5.03. The quantitative estimate of drug-likeness (QED) is 0.328. The maximum absolute atomic E-state index is 12.9. The van der Waals surface area contributed by atoms with Crippen molar-refractivity contribution in [2.45, 2.75) is 45.6 Å². The molecule has 3 heterocycles. The van der Waals surface area contributed by atoms with Crippen molar-refractivity contribution in [2.24, 2.45) is 11.8 Å². The van der Waals surface area contributed by atoms with Gasteiger partial charge in [-0.05, 0) is 75.9 Å². The van der Waals surface area contributed by atoms with E-state index in [1.807, 2.05) is 54.8 Å². The van der Waals surface area contributed by atoms with E-state index in [0.29, 0.717) is 48.7 Å². The number of nitrogen functional groups attached to an aromatic ring is 1. The number of amides is 1. The van der Waals surface area contributed by atoms with Crippen molar-refractivity contribution in [2.75, 3.05) is 18.2 Å². The molecular weight excluding hydrogens is 496 g/mol. The van der Waals surface area contributed by atoms with E-state index in [0.717, 1.165) is 22.5 Å². The molecule has 0 atom stereocenters. The molecular formula is C29H32N6O4. The summed E-state index contributed by atoms with van der Waals surface area (Å²) in [5.74, 6) is 1.59. The van der Waals surface area contributed by atoms with Crippen LogP contribution in [-0.2, 0) is 14.3 Å². The first-order valence-electron chi connectivity index (χ1n) is 13.1. The lowest BCUT2D eigenvalue weighted by molar-refractivity contribution is -0.147. The van der Waals surface area contributed by atoms with Gasteiger partial charge >= 0.3 is 5.97 Å². The lowest BCUT2D eigenvalue weighted by atomic mass is 9.81. The summed E-state index contributed by atoms with van der Waals surface area (Å²) >= 11 is 0. The Kier molecular flexibility index (Phi) is 7.44. The van der Waals surface area contributed by atoms with Crippen molar-refractivity contribution in [1.82, 2.24) is 19.5 Å². The third-order valence-corrected chi connectivity index (χ3v) is 6.97. The van der Waals surface area contributed by atoms with E-state index < -0.39 is 0 Å². The van der Waals surface area contributed by atoms with Gasteiger partial charge in [-0.25, -0.2) is 15.0 Å². The van der Waals surface area contributed by atoms with Crippen molar-refractivity contribution in [3.63, 3.8) is 0 Å². The molecule has 4 aromatic rings. The number of methoxy groups -OCH3 is 1. The normalized spacial score (nSPS) is 17.2. The molecule has 1 aliphatic rings. The molecule has 10 heteroatoms. The molecule has 0 radical (unpaired) electrons. The summed E-state index contributed by atoms with van der Waals surface area (Å²) < 4.78 is 12.7. The first-order chi connectivity index (χ1) is 18.8. The number of carbonyl (C=O) groups excluding carboxylic acids is 2. The Bertz CT molecular complexity index is 1490. The molecule has 3 aromatic heterocycles. The standard InChI is InChI=1S/C29H32N6O4/c1-17(2)39-21-11-12-23-24(15-21)35(27(33-23)22-5-4-14-31-26(22)30)20-10-13-25(32-16-20)34-28(36)18-6-8-19(9-7-18)29(37)38-3/h4-5,10-19H,6-9H2,1-3H3,(H2,30,31)(H,32,34,36). The minimum atomic E-state index is -0.201. The molecule has 10 nitrogen and oxygen atoms in total. The number of esters is 1. The largest absolute Gasteiger partial charge is 0.491 e. The van der Waals surface area contributed by atoms with Crippen LogP contribution in [0.25, 0.3) is 28.1 Å². The summed E-state index contributed by atoms with van der Waals surface area (Å²) in [5, 5.41) is 2.92. The lowest BCUT2D eigenvalue weighted by Gasteiger charge is -2.25. The molecule has 202 valence electrons. The zero-order chi connectivity index (χ0) is 27.5. The summed E-state index contributed by atoms with van der Waals surface area (Å²) in [7, 11) is 1.40. The second-order valence-electron chi connectivity index (χ2n) is 9.99. The molecule has 1 saturated carbocycles. The van der Waals surface area contributed by atoms with Crippen molar-refractivity contribution in [3.05, 3.63) is 54.9 Å². The molecule has 3 N–H and O–H groups in total. The monoisotopic (exact) mass is 528 g/mol. The maximum atomic E-state index is 12.9. The summed E-state index contributed by atoms with van der Waals surface area (Å²) in [4.78, 5) is 38.3. The number of benzene rings is 1. The lowest BCUT2D eigenvalue weighted by Crippen LogP contribution is -2.30. The molecule has 39 heavy (non-hydrogen) atoms. The number of nitrogens with two attached hydrogens (primary N) is 1. The fraction of sp³-hybridized carbons (Fsp3) is 0.345. The van der Waals surface area contributed by atoms with Gasteiger partial charge in [0.15, 0.2) is 0 Å². The number of anilines is 2. The minimum Gasteiger partial charge on any atom is -0.491 e. The van der Waals surface area contributed by atoms with Crippen LogP contribution in [0, 0.1) is 11.8 Å². The average molecular weight is 529 g/mol. The van der Waals surface area contributed by atoms with Gasteiger partial charge in [0.05, 0.1) is 47.6 Å². The number of hydrogen-bond donors (Lipinski definition) is 2. The third-order valence-electron chi connectivity index (χ3n) is 6.97. The van der Waals surface area contributed by atoms with Crippen LogP contribution in [0.2, 0.25) is 0 Å². The Hall–Kier alpha value is -4.47.